The minimum absolute atomic E-state index is 0.0431. The number of hydrogen-bond acceptors (Lipinski definition) is 7. The summed E-state index contributed by atoms with van der Waals surface area (Å²) in [6.45, 7) is 0. The predicted octanol–water partition coefficient (Wildman–Crippen LogP) is 5.99. The molecule has 0 unspecified atom stereocenters. The largest absolute Gasteiger partial charge is 0.508 e. The van der Waals surface area contributed by atoms with Crippen molar-refractivity contribution < 1.29 is 27.8 Å². The first-order chi connectivity index (χ1) is 16.6. The molecule has 0 fully saturated rings. The van der Waals surface area contributed by atoms with Crippen LogP contribution in [-0.4, -0.2) is 33.7 Å². The molecular weight excluding hydrogens is 622 g/mol. The van der Waals surface area contributed by atoms with Crippen LogP contribution < -0.4 is 14.8 Å². The van der Waals surface area contributed by atoms with Gasteiger partial charge in [0.25, 0.3) is 5.91 Å². The van der Waals surface area contributed by atoms with Crippen molar-refractivity contribution in [3.63, 3.8) is 0 Å². The molecule has 0 aliphatic carbocycles. The molecule has 0 saturated heterocycles. The van der Waals surface area contributed by atoms with E-state index in [4.69, 9.17) is 9.47 Å². The standard InChI is InChI=1S/C24H19Br2NO6S2/c1-32-20-8-13(28)9-21(33-2)15(20)11-23-24(29)27-19-7-6-14(10-22(19)34-23)35(30,31)12-16-17(25)4-3-5-18(16)26/h3-11,28H,12H2,1-2H3,(H,27,29)/b23-11-. The van der Waals surface area contributed by atoms with Crippen molar-refractivity contribution in [2.45, 2.75) is 15.5 Å². The smallest absolute Gasteiger partial charge is 0.262 e. The van der Waals surface area contributed by atoms with Crippen LogP contribution in [0.25, 0.3) is 6.08 Å². The molecule has 7 nitrogen and oxygen atoms in total. The number of phenolic OH excluding ortho intramolecular Hbond substituents is 1. The quantitative estimate of drug-likeness (QED) is 0.319. The van der Waals surface area contributed by atoms with Gasteiger partial charge in [0, 0.05) is 26.0 Å². The Balaban J connectivity index is 1.71. The maximum Gasteiger partial charge on any atom is 0.262 e. The summed E-state index contributed by atoms with van der Waals surface area (Å²) in [6, 6.07) is 12.8. The van der Waals surface area contributed by atoms with Crippen molar-refractivity contribution in [2.24, 2.45) is 0 Å². The summed E-state index contributed by atoms with van der Waals surface area (Å²) in [5.41, 5.74) is 1.61. The maximum atomic E-state index is 13.2. The molecule has 0 radical (unpaired) electrons. The molecule has 0 saturated carbocycles. The zero-order chi connectivity index (χ0) is 25.3. The number of carbonyl (C=O) groups is 1. The van der Waals surface area contributed by atoms with Gasteiger partial charge < -0.3 is 19.9 Å². The summed E-state index contributed by atoms with van der Waals surface area (Å²) in [5, 5.41) is 12.7. The summed E-state index contributed by atoms with van der Waals surface area (Å²) in [5.74, 6) is 0.0498. The molecule has 1 aliphatic heterocycles. The lowest BCUT2D eigenvalue weighted by Crippen LogP contribution is -2.18. The molecule has 2 N–H and O–H groups in total. The molecule has 1 heterocycles. The highest BCUT2D eigenvalue weighted by Crippen LogP contribution is 2.43. The number of phenols is 1. The fourth-order valence-corrected chi connectivity index (χ4v) is 7.60. The first-order valence-corrected chi connectivity index (χ1v) is 14.1. The Kier molecular flexibility index (Phi) is 7.51. The average molecular weight is 641 g/mol. The number of aromatic hydroxyl groups is 1. The van der Waals surface area contributed by atoms with E-state index in [9.17, 15) is 18.3 Å². The van der Waals surface area contributed by atoms with Crippen LogP contribution in [0.5, 0.6) is 17.2 Å². The lowest BCUT2D eigenvalue weighted by Gasteiger charge is -2.20. The molecule has 3 aromatic rings. The van der Waals surface area contributed by atoms with E-state index in [0.717, 1.165) is 11.8 Å². The molecule has 1 amide bonds. The summed E-state index contributed by atoms with van der Waals surface area (Å²) in [7, 11) is -0.792. The second-order valence-electron chi connectivity index (χ2n) is 7.45. The Morgan fingerprint density at radius 2 is 1.66 bits per heavy atom. The molecule has 0 atom stereocenters. The predicted molar refractivity (Wildman–Crippen MR) is 143 cm³/mol. The Hall–Kier alpha value is -2.47. The fraction of sp³-hybridized carbons (Fsp3) is 0.125. The molecule has 0 bridgehead atoms. The van der Waals surface area contributed by atoms with Crippen molar-refractivity contribution in [1.82, 2.24) is 0 Å². The maximum absolute atomic E-state index is 13.2. The van der Waals surface area contributed by atoms with Crippen molar-refractivity contribution in [3.05, 3.63) is 73.5 Å². The van der Waals surface area contributed by atoms with E-state index >= 15 is 0 Å². The number of fused-ring (bicyclic) bond motifs is 1. The van der Waals surface area contributed by atoms with E-state index in [0.29, 0.717) is 47.1 Å². The van der Waals surface area contributed by atoms with Crippen molar-refractivity contribution in [2.75, 3.05) is 19.5 Å². The van der Waals surface area contributed by atoms with Crippen LogP contribution in [-0.2, 0) is 20.4 Å². The van der Waals surface area contributed by atoms with Gasteiger partial charge in [-0.15, -0.1) is 0 Å². The van der Waals surface area contributed by atoms with E-state index in [2.05, 4.69) is 37.2 Å². The first kappa shape index (κ1) is 25.6. The highest BCUT2D eigenvalue weighted by atomic mass is 79.9. The number of halogens is 2. The number of anilines is 1. The number of sulfone groups is 1. The summed E-state index contributed by atoms with van der Waals surface area (Å²) < 4.78 is 38.5. The van der Waals surface area contributed by atoms with Crippen LogP contribution in [0.15, 0.2) is 72.2 Å². The average Bonchev–Trinajstić information content (AvgIpc) is 2.82. The van der Waals surface area contributed by atoms with Gasteiger partial charge in [0.05, 0.1) is 41.0 Å². The summed E-state index contributed by atoms with van der Waals surface area (Å²) in [6.07, 6.45) is 1.58. The number of rotatable bonds is 6. The Labute approximate surface area is 223 Å². The number of thioether (sulfide) groups is 1. The van der Waals surface area contributed by atoms with Crippen LogP contribution in [0, 0.1) is 0 Å². The van der Waals surface area contributed by atoms with Gasteiger partial charge in [-0.05, 0) is 42.0 Å². The molecule has 35 heavy (non-hydrogen) atoms. The number of hydrogen-bond donors (Lipinski definition) is 2. The lowest BCUT2D eigenvalue weighted by molar-refractivity contribution is -0.112. The normalized spacial score (nSPS) is 14.4. The lowest BCUT2D eigenvalue weighted by atomic mass is 10.1. The molecule has 0 spiro atoms. The third-order valence-electron chi connectivity index (χ3n) is 5.20. The van der Waals surface area contributed by atoms with Gasteiger partial charge in [-0.3, -0.25) is 4.79 Å². The van der Waals surface area contributed by atoms with E-state index in [1.54, 1.807) is 30.3 Å². The van der Waals surface area contributed by atoms with Gasteiger partial charge in [0.1, 0.15) is 17.2 Å². The number of amides is 1. The van der Waals surface area contributed by atoms with Crippen molar-refractivity contribution >= 4 is 71.1 Å². The van der Waals surface area contributed by atoms with Crippen LogP contribution in [0.2, 0.25) is 0 Å². The van der Waals surface area contributed by atoms with Crippen molar-refractivity contribution in [3.8, 4) is 17.2 Å². The van der Waals surface area contributed by atoms with Gasteiger partial charge >= 0.3 is 0 Å². The van der Waals surface area contributed by atoms with E-state index in [1.165, 1.54) is 32.4 Å². The SMILES string of the molecule is COc1cc(O)cc(OC)c1/C=C1\Sc2cc(S(=O)(=O)Cc3c(Br)cccc3Br)ccc2NC1=O. The minimum Gasteiger partial charge on any atom is -0.508 e. The van der Waals surface area contributed by atoms with E-state index < -0.39 is 9.84 Å². The van der Waals surface area contributed by atoms with Gasteiger partial charge in [0.2, 0.25) is 0 Å². The molecule has 4 rings (SSSR count). The highest BCUT2D eigenvalue weighted by Gasteiger charge is 2.26. The minimum atomic E-state index is -3.68. The van der Waals surface area contributed by atoms with Crippen LogP contribution in [0.3, 0.4) is 0 Å². The summed E-state index contributed by atoms with van der Waals surface area (Å²) >= 11 is 7.97. The van der Waals surface area contributed by atoms with Crippen molar-refractivity contribution in [1.29, 1.82) is 0 Å². The monoisotopic (exact) mass is 639 g/mol. The van der Waals surface area contributed by atoms with E-state index in [1.807, 2.05) is 6.07 Å². The fourth-order valence-electron chi connectivity index (χ4n) is 3.47. The van der Waals surface area contributed by atoms with Gasteiger partial charge in [-0.2, -0.15) is 0 Å². The van der Waals surface area contributed by atoms with Crippen LogP contribution in [0.4, 0.5) is 5.69 Å². The highest BCUT2D eigenvalue weighted by molar-refractivity contribution is 9.11. The number of nitrogens with one attached hydrogen (secondary N) is 1. The topological polar surface area (TPSA) is 102 Å². The Morgan fingerprint density at radius 3 is 2.26 bits per heavy atom. The number of methoxy groups -OCH3 is 2. The van der Waals surface area contributed by atoms with E-state index in [-0.39, 0.29) is 22.3 Å². The Bertz CT molecular complexity index is 1430. The van der Waals surface area contributed by atoms with Crippen LogP contribution >= 0.6 is 43.6 Å². The number of ether oxygens (including phenoxy) is 2. The van der Waals surface area contributed by atoms with Gasteiger partial charge in [-0.25, -0.2) is 8.42 Å². The molecule has 182 valence electrons. The summed E-state index contributed by atoms with van der Waals surface area (Å²) in [4.78, 5) is 13.8. The molecule has 3 aromatic carbocycles. The number of carbonyl (C=O) groups excluding carboxylic acids is 1. The third kappa shape index (κ3) is 5.37. The second kappa shape index (κ2) is 10.3. The van der Waals surface area contributed by atoms with Gasteiger partial charge in [0.15, 0.2) is 9.84 Å². The molecule has 0 aromatic heterocycles. The van der Waals surface area contributed by atoms with Crippen LogP contribution in [0.1, 0.15) is 11.1 Å². The van der Waals surface area contributed by atoms with Gasteiger partial charge in [-0.1, -0.05) is 49.7 Å². The molecule has 11 heteroatoms. The molecular formula is C24H19Br2NO6S2. The zero-order valence-corrected chi connectivity index (χ0v) is 23.3. The zero-order valence-electron chi connectivity index (χ0n) is 18.5. The third-order valence-corrected chi connectivity index (χ3v) is 9.41. The molecule has 1 aliphatic rings. The Morgan fingerprint density at radius 1 is 1.03 bits per heavy atom. The first-order valence-electron chi connectivity index (χ1n) is 10.1. The second-order valence-corrected chi connectivity index (χ2v) is 12.2. The number of benzene rings is 3.